The van der Waals surface area contributed by atoms with Crippen molar-refractivity contribution in [2.45, 2.75) is 19.4 Å². The topological polar surface area (TPSA) is 40.5 Å². The van der Waals surface area contributed by atoms with Crippen LogP contribution in [0.15, 0.2) is 24.3 Å². The Hall–Kier alpha value is -0.370. The molecule has 0 radical (unpaired) electrons. The standard InChI is InChI=1S/C8H16B2NO2P/c1-3-4-6(2)5-7(8(9)12)11(10)14-13/h3-4,7,13-14H,1,5,9-10H2,2H3/b6-4+. The number of hydrogen-bond donors (Lipinski definition) is 1. The molecule has 2 unspecified atom stereocenters. The van der Waals surface area contributed by atoms with Crippen LogP contribution in [0.2, 0.25) is 0 Å². The maximum Gasteiger partial charge on any atom is 0.193 e. The molecule has 1 N–H and O–H groups in total. The highest BCUT2D eigenvalue weighted by molar-refractivity contribution is 7.30. The van der Waals surface area contributed by atoms with Crippen LogP contribution in [-0.2, 0) is 4.79 Å². The van der Waals surface area contributed by atoms with Gasteiger partial charge in [-0.2, -0.15) is 0 Å². The third kappa shape index (κ3) is 4.75. The quantitative estimate of drug-likeness (QED) is 0.361. The fraction of sp³-hybridized carbons (Fsp3) is 0.375. The minimum atomic E-state index is -0.334. The number of carbonyl (C=O) groups excluding carboxylic acids is 1. The maximum absolute atomic E-state index is 11.3. The van der Waals surface area contributed by atoms with E-state index in [1.807, 2.05) is 13.0 Å². The van der Waals surface area contributed by atoms with Gasteiger partial charge in [0.2, 0.25) is 0 Å². The summed E-state index contributed by atoms with van der Waals surface area (Å²) in [5.41, 5.74) is 1.16. The SMILES string of the molecule is BC(=O)C(C/C(C)=C/C=C)N(B)PO. The van der Waals surface area contributed by atoms with Crippen LogP contribution in [0.3, 0.4) is 0 Å². The third-order valence-electron chi connectivity index (χ3n) is 2.01. The number of nitrogens with zero attached hydrogens (tertiary/aromatic N) is 1. The zero-order valence-electron chi connectivity index (χ0n) is 8.95. The molecule has 0 heterocycles. The van der Waals surface area contributed by atoms with Gasteiger partial charge >= 0.3 is 0 Å². The van der Waals surface area contributed by atoms with E-state index in [1.165, 1.54) is 0 Å². The second kappa shape index (κ2) is 6.99. The van der Waals surface area contributed by atoms with Gasteiger partial charge in [-0.1, -0.05) is 24.3 Å². The smallest absolute Gasteiger partial charge is 0.193 e. The summed E-state index contributed by atoms with van der Waals surface area (Å²) >= 11 is 0. The Morgan fingerprint density at radius 1 is 1.79 bits per heavy atom. The molecule has 0 aromatic rings. The molecule has 2 atom stereocenters. The molecule has 14 heavy (non-hydrogen) atoms. The summed E-state index contributed by atoms with van der Waals surface area (Å²) in [4.78, 5) is 20.2. The highest BCUT2D eigenvalue weighted by atomic mass is 31.1. The summed E-state index contributed by atoms with van der Waals surface area (Å²) < 4.78 is 1.66. The fourth-order valence-corrected chi connectivity index (χ4v) is 1.61. The molecular weight excluding hydrogens is 195 g/mol. The summed E-state index contributed by atoms with van der Waals surface area (Å²) in [7, 11) is 2.95. The summed E-state index contributed by atoms with van der Waals surface area (Å²) in [6, 6.07) is -0.227. The van der Waals surface area contributed by atoms with Crippen molar-refractivity contribution < 1.29 is 9.69 Å². The number of hydrogen-bond acceptors (Lipinski definition) is 3. The molecule has 0 saturated heterocycles. The van der Waals surface area contributed by atoms with Crippen molar-refractivity contribution in [2.75, 3.05) is 0 Å². The Morgan fingerprint density at radius 2 is 2.36 bits per heavy atom. The molecule has 6 heteroatoms. The summed E-state index contributed by atoms with van der Waals surface area (Å²) in [6.07, 6.45) is 4.23. The van der Waals surface area contributed by atoms with Crippen LogP contribution in [0, 0.1) is 0 Å². The van der Waals surface area contributed by atoms with E-state index in [0.717, 1.165) is 5.57 Å². The van der Waals surface area contributed by atoms with Gasteiger partial charge in [0.15, 0.2) is 15.8 Å². The van der Waals surface area contributed by atoms with E-state index in [0.29, 0.717) is 6.42 Å². The van der Waals surface area contributed by atoms with Crippen molar-refractivity contribution in [1.29, 1.82) is 0 Å². The predicted octanol–water partition coefficient (Wildman–Crippen LogP) is -0.612. The van der Waals surface area contributed by atoms with E-state index < -0.39 is 0 Å². The van der Waals surface area contributed by atoms with Crippen molar-refractivity contribution >= 4 is 30.5 Å². The van der Waals surface area contributed by atoms with Crippen molar-refractivity contribution in [2.24, 2.45) is 0 Å². The van der Waals surface area contributed by atoms with Crippen LogP contribution < -0.4 is 0 Å². The van der Waals surface area contributed by atoms with Gasteiger partial charge in [0.25, 0.3) is 0 Å². The van der Waals surface area contributed by atoms with Crippen LogP contribution >= 0.6 is 8.96 Å². The molecule has 3 nitrogen and oxygen atoms in total. The molecule has 0 aliphatic carbocycles. The lowest BCUT2D eigenvalue weighted by molar-refractivity contribution is -0.114. The minimum Gasteiger partial charge on any atom is -0.362 e. The highest BCUT2D eigenvalue weighted by Crippen LogP contribution is 2.18. The molecule has 0 spiro atoms. The number of carbonyl (C=O) groups is 1. The molecule has 0 aromatic heterocycles. The van der Waals surface area contributed by atoms with Crippen LogP contribution in [0.4, 0.5) is 0 Å². The first-order chi connectivity index (χ1) is 6.52. The monoisotopic (exact) mass is 211 g/mol. The van der Waals surface area contributed by atoms with Gasteiger partial charge in [0.05, 0.1) is 20.7 Å². The van der Waals surface area contributed by atoms with Gasteiger partial charge in [0.1, 0.15) is 0 Å². The molecule has 0 fully saturated rings. The molecule has 0 saturated carbocycles. The molecular formula is C8H16B2NO2P. The maximum atomic E-state index is 11.3. The first-order valence-electron chi connectivity index (χ1n) is 4.44. The lowest BCUT2D eigenvalue weighted by atomic mass is 9.89. The van der Waals surface area contributed by atoms with Gasteiger partial charge in [-0.25, -0.2) is 0 Å². The predicted molar refractivity (Wildman–Crippen MR) is 66.8 cm³/mol. The van der Waals surface area contributed by atoms with E-state index in [-0.39, 0.29) is 20.7 Å². The van der Waals surface area contributed by atoms with E-state index in [4.69, 9.17) is 4.89 Å². The molecule has 0 aromatic carbocycles. The van der Waals surface area contributed by atoms with Gasteiger partial charge in [-0.15, -0.1) is 0 Å². The highest BCUT2D eigenvalue weighted by Gasteiger charge is 2.18. The largest absolute Gasteiger partial charge is 0.362 e. The summed E-state index contributed by atoms with van der Waals surface area (Å²) in [6.45, 7) is 5.55. The molecule has 0 rings (SSSR count). The third-order valence-corrected chi connectivity index (χ3v) is 2.64. The van der Waals surface area contributed by atoms with Crippen LogP contribution in [0.25, 0.3) is 0 Å². The van der Waals surface area contributed by atoms with Crippen LogP contribution in [0.5, 0.6) is 0 Å². The second-order valence-electron chi connectivity index (χ2n) is 3.29. The zero-order chi connectivity index (χ0) is 11.1. The summed E-state index contributed by atoms with van der Waals surface area (Å²) in [5, 5.41) is 0. The van der Waals surface area contributed by atoms with E-state index in [2.05, 4.69) is 6.58 Å². The Bertz CT molecular complexity index is 245. The Morgan fingerprint density at radius 3 is 2.71 bits per heavy atom. The first kappa shape index (κ1) is 13.6. The Labute approximate surface area is 89.0 Å². The average molecular weight is 211 g/mol. The number of allylic oxidation sites excluding steroid dienone is 2. The Kier molecular flexibility index (Phi) is 6.81. The molecule has 0 bridgehead atoms. The van der Waals surface area contributed by atoms with Crippen LogP contribution in [-0.4, -0.2) is 37.0 Å². The first-order valence-corrected chi connectivity index (χ1v) is 5.33. The lowest BCUT2D eigenvalue weighted by Gasteiger charge is -2.24. The molecule has 76 valence electrons. The molecule has 0 amide bonds. The minimum absolute atomic E-state index is 0.0749. The molecule has 0 aliphatic rings. The van der Waals surface area contributed by atoms with Crippen molar-refractivity contribution in [3.05, 3.63) is 24.3 Å². The summed E-state index contributed by atoms with van der Waals surface area (Å²) in [5.74, 6) is 0. The molecule has 0 aliphatic heterocycles. The zero-order valence-corrected chi connectivity index (χ0v) is 9.95. The number of rotatable bonds is 6. The normalized spacial score (nSPS) is 14.9. The van der Waals surface area contributed by atoms with Gasteiger partial charge in [-0.05, 0) is 13.3 Å². The van der Waals surface area contributed by atoms with Crippen LogP contribution in [0.1, 0.15) is 13.3 Å². The van der Waals surface area contributed by atoms with Crippen molar-refractivity contribution in [3.63, 3.8) is 0 Å². The lowest BCUT2D eigenvalue weighted by Crippen LogP contribution is -2.34. The average Bonchev–Trinajstić information content (AvgIpc) is 2.13. The van der Waals surface area contributed by atoms with E-state index in [1.54, 1.807) is 26.5 Å². The van der Waals surface area contributed by atoms with Crippen molar-refractivity contribution in [1.82, 2.24) is 4.58 Å². The van der Waals surface area contributed by atoms with E-state index >= 15 is 0 Å². The van der Waals surface area contributed by atoms with Gasteiger partial charge in [-0.3, -0.25) is 0 Å². The second-order valence-corrected chi connectivity index (χ2v) is 4.20. The van der Waals surface area contributed by atoms with Gasteiger partial charge in [0, 0.05) is 0 Å². The van der Waals surface area contributed by atoms with Gasteiger partial charge < -0.3 is 14.3 Å². The fourth-order valence-electron chi connectivity index (χ4n) is 1.20. The van der Waals surface area contributed by atoms with Crippen molar-refractivity contribution in [3.8, 4) is 0 Å². The van der Waals surface area contributed by atoms with E-state index in [9.17, 15) is 4.79 Å². The Balaban J connectivity index is 4.45.